The lowest BCUT2D eigenvalue weighted by molar-refractivity contribution is 0.411. The van der Waals surface area contributed by atoms with E-state index in [1.165, 1.54) is 13.2 Å². The SMILES string of the molecule is CCCCCc1cc(C)n2nc(-c3ccc(OC)cc3F)n(CC)c(=O)c12. The minimum Gasteiger partial charge on any atom is -0.497 e. The fraction of sp³-hybridized carbons (Fsp3) is 0.429. The van der Waals surface area contributed by atoms with E-state index in [1.54, 1.807) is 21.2 Å². The third kappa shape index (κ3) is 3.48. The third-order valence-electron chi connectivity index (χ3n) is 4.91. The molecule has 144 valence electrons. The summed E-state index contributed by atoms with van der Waals surface area (Å²) in [4.78, 5) is 13.2. The highest BCUT2D eigenvalue weighted by molar-refractivity contribution is 5.62. The minimum atomic E-state index is -0.462. The van der Waals surface area contributed by atoms with Crippen molar-refractivity contribution in [2.45, 2.75) is 53.0 Å². The molecule has 1 aromatic carbocycles. The summed E-state index contributed by atoms with van der Waals surface area (Å²) in [5.74, 6) is 0.294. The van der Waals surface area contributed by atoms with E-state index in [0.29, 0.717) is 23.6 Å². The highest BCUT2D eigenvalue weighted by Crippen LogP contribution is 2.25. The van der Waals surface area contributed by atoms with Gasteiger partial charge in [-0.2, -0.15) is 0 Å². The summed E-state index contributed by atoms with van der Waals surface area (Å²) in [6.07, 6.45) is 4.14. The Hall–Kier alpha value is -2.63. The van der Waals surface area contributed by atoms with Gasteiger partial charge in [0.2, 0.25) is 0 Å². The van der Waals surface area contributed by atoms with Gasteiger partial charge < -0.3 is 4.74 Å². The van der Waals surface area contributed by atoms with Crippen LogP contribution in [0.3, 0.4) is 0 Å². The van der Waals surface area contributed by atoms with Crippen LogP contribution < -0.4 is 10.3 Å². The Kier molecular flexibility index (Phi) is 5.63. The highest BCUT2D eigenvalue weighted by Gasteiger charge is 2.19. The Balaban J connectivity index is 2.21. The van der Waals surface area contributed by atoms with E-state index in [2.05, 4.69) is 12.0 Å². The Morgan fingerprint density at radius 3 is 2.59 bits per heavy atom. The summed E-state index contributed by atoms with van der Waals surface area (Å²) in [7, 11) is 1.49. The Bertz CT molecular complexity index is 1020. The zero-order valence-electron chi connectivity index (χ0n) is 16.4. The van der Waals surface area contributed by atoms with Crippen molar-refractivity contribution < 1.29 is 9.13 Å². The maximum atomic E-state index is 14.6. The molecule has 0 atom stereocenters. The van der Waals surface area contributed by atoms with Crippen LogP contribution in [0.25, 0.3) is 16.9 Å². The largest absolute Gasteiger partial charge is 0.497 e. The maximum Gasteiger partial charge on any atom is 0.278 e. The van der Waals surface area contributed by atoms with Crippen LogP contribution in [0, 0.1) is 12.7 Å². The van der Waals surface area contributed by atoms with Gasteiger partial charge in [0.05, 0.1) is 12.7 Å². The molecule has 0 N–H and O–H groups in total. The van der Waals surface area contributed by atoms with E-state index in [4.69, 9.17) is 4.74 Å². The van der Waals surface area contributed by atoms with Crippen LogP contribution in [0.5, 0.6) is 5.75 Å². The summed E-state index contributed by atoms with van der Waals surface area (Å²) < 4.78 is 22.9. The average Bonchev–Trinajstić information content (AvgIpc) is 2.97. The van der Waals surface area contributed by atoms with Crippen molar-refractivity contribution in [1.82, 2.24) is 14.2 Å². The van der Waals surface area contributed by atoms with E-state index >= 15 is 0 Å². The molecule has 5 nitrogen and oxygen atoms in total. The molecule has 0 bridgehead atoms. The van der Waals surface area contributed by atoms with Gasteiger partial charge in [0.25, 0.3) is 5.56 Å². The number of halogens is 1. The van der Waals surface area contributed by atoms with E-state index in [1.807, 2.05) is 19.9 Å². The van der Waals surface area contributed by atoms with Crippen molar-refractivity contribution in [2.75, 3.05) is 7.11 Å². The fourth-order valence-corrected chi connectivity index (χ4v) is 3.48. The highest BCUT2D eigenvalue weighted by atomic mass is 19.1. The lowest BCUT2D eigenvalue weighted by Crippen LogP contribution is -2.26. The predicted molar refractivity (Wildman–Crippen MR) is 105 cm³/mol. The van der Waals surface area contributed by atoms with Crippen LogP contribution in [-0.2, 0) is 13.0 Å². The molecule has 0 radical (unpaired) electrons. The number of hydrogen-bond donors (Lipinski definition) is 0. The molecule has 0 saturated carbocycles. The standard InChI is InChI=1S/C21H26FN3O2/c1-5-7-8-9-15-12-14(3)25-19(15)21(26)24(6-2)20(23-25)17-11-10-16(27-4)13-18(17)22/h10-13H,5-9H2,1-4H3. The number of aromatic nitrogens is 3. The molecule has 0 unspecified atom stereocenters. The quantitative estimate of drug-likeness (QED) is 0.580. The van der Waals surface area contributed by atoms with E-state index < -0.39 is 5.82 Å². The van der Waals surface area contributed by atoms with Crippen molar-refractivity contribution in [3.05, 3.63) is 51.7 Å². The monoisotopic (exact) mass is 371 g/mol. The number of unbranched alkanes of at least 4 members (excludes halogenated alkanes) is 2. The second-order valence-corrected chi connectivity index (χ2v) is 6.75. The molecule has 3 rings (SSSR count). The lowest BCUT2D eigenvalue weighted by atomic mass is 10.1. The van der Waals surface area contributed by atoms with Crippen molar-refractivity contribution >= 4 is 5.52 Å². The second-order valence-electron chi connectivity index (χ2n) is 6.75. The van der Waals surface area contributed by atoms with Gasteiger partial charge in [-0.05, 0) is 50.5 Å². The number of rotatable bonds is 7. The first-order valence-corrected chi connectivity index (χ1v) is 9.47. The molecular weight excluding hydrogens is 345 g/mol. The molecule has 0 amide bonds. The number of ether oxygens (including phenoxy) is 1. The molecule has 3 aromatic rings. The number of aryl methyl sites for hydroxylation is 2. The van der Waals surface area contributed by atoms with Gasteiger partial charge in [-0.15, -0.1) is 5.10 Å². The molecular formula is C21H26FN3O2. The first kappa shape index (κ1) is 19.1. The maximum absolute atomic E-state index is 14.6. The summed E-state index contributed by atoms with van der Waals surface area (Å²) in [5.41, 5.74) is 2.66. The van der Waals surface area contributed by atoms with Crippen LogP contribution in [0.15, 0.2) is 29.1 Å². The molecule has 0 fully saturated rings. The molecule has 0 saturated heterocycles. The van der Waals surface area contributed by atoms with E-state index in [-0.39, 0.29) is 11.1 Å². The number of benzene rings is 1. The molecule has 0 aliphatic carbocycles. The van der Waals surface area contributed by atoms with Crippen LogP contribution in [0.4, 0.5) is 4.39 Å². The van der Waals surface area contributed by atoms with Crippen LogP contribution >= 0.6 is 0 Å². The van der Waals surface area contributed by atoms with Gasteiger partial charge >= 0.3 is 0 Å². The summed E-state index contributed by atoms with van der Waals surface area (Å²) >= 11 is 0. The smallest absolute Gasteiger partial charge is 0.278 e. The molecule has 0 spiro atoms. The van der Waals surface area contributed by atoms with Gasteiger partial charge in [-0.3, -0.25) is 9.36 Å². The van der Waals surface area contributed by atoms with Gasteiger partial charge in [0, 0.05) is 18.3 Å². The summed E-state index contributed by atoms with van der Waals surface area (Å²) in [5, 5.41) is 4.64. The topological polar surface area (TPSA) is 48.5 Å². The number of methoxy groups -OCH3 is 1. The van der Waals surface area contributed by atoms with Gasteiger partial charge in [0.15, 0.2) is 5.82 Å². The Labute approximate surface area is 158 Å². The first-order chi connectivity index (χ1) is 13.0. The molecule has 0 aliphatic rings. The summed E-state index contributed by atoms with van der Waals surface area (Å²) in [6.45, 7) is 6.37. The predicted octanol–water partition coefficient (Wildman–Crippen LogP) is 4.37. The van der Waals surface area contributed by atoms with Gasteiger partial charge in [-0.1, -0.05) is 19.8 Å². The number of nitrogens with zero attached hydrogens (tertiary/aromatic N) is 3. The van der Waals surface area contributed by atoms with Crippen LogP contribution in [0.2, 0.25) is 0 Å². The van der Waals surface area contributed by atoms with Gasteiger partial charge in [0.1, 0.15) is 17.1 Å². The third-order valence-corrected chi connectivity index (χ3v) is 4.91. The normalized spacial score (nSPS) is 11.3. The number of fused-ring (bicyclic) bond motifs is 1. The van der Waals surface area contributed by atoms with Crippen molar-refractivity contribution in [3.8, 4) is 17.1 Å². The Morgan fingerprint density at radius 2 is 1.96 bits per heavy atom. The minimum absolute atomic E-state index is 0.127. The second kappa shape index (κ2) is 7.94. The number of hydrogen-bond acceptors (Lipinski definition) is 3. The van der Waals surface area contributed by atoms with Gasteiger partial charge in [-0.25, -0.2) is 8.91 Å². The van der Waals surface area contributed by atoms with Crippen LogP contribution in [0.1, 0.15) is 44.4 Å². The van der Waals surface area contributed by atoms with Crippen molar-refractivity contribution in [3.63, 3.8) is 0 Å². The first-order valence-electron chi connectivity index (χ1n) is 9.47. The molecule has 2 aromatic heterocycles. The zero-order chi connectivity index (χ0) is 19.6. The molecule has 2 heterocycles. The summed E-state index contributed by atoms with van der Waals surface area (Å²) in [6, 6.07) is 6.61. The molecule has 6 heteroatoms. The van der Waals surface area contributed by atoms with Crippen molar-refractivity contribution in [1.29, 1.82) is 0 Å². The average molecular weight is 371 g/mol. The lowest BCUT2D eigenvalue weighted by Gasteiger charge is -2.13. The van der Waals surface area contributed by atoms with E-state index in [0.717, 1.165) is 36.9 Å². The van der Waals surface area contributed by atoms with Crippen LogP contribution in [-0.4, -0.2) is 21.3 Å². The molecule has 27 heavy (non-hydrogen) atoms. The Morgan fingerprint density at radius 1 is 1.19 bits per heavy atom. The van der Waals surface area contributed by atoms with Crippen molar-refractivity contribution in [2.24, 2.45) is 0 Å². The fourth-order valence-electron chi connectivity index (χ4n) is 3.48. The van der Waals surface area contributed by atoms with E-state index in [9.17, 15) is 9.18 Å². The zero-order valence-corrected chi connectivity index (χ0v) is 16.4. The molecule has 0 aliphatic heterocycles.